The summed E-state index contributed by atoms with van der Waals surface area (Å²) in [6.45, 7) is 7.76. The highest BCUT2D eigenvalue weighted by atomic mass is 32.2. The maximum absolute atomic E-state index is 3.76. The molecule has 0 unspecified atom stereocenters. The van der Waals surface area contributed by atoms with Gasteiger partial charge >= 0.3 is 0 Å². The molecule has 0 saturated heterocycles. The number of hydrogen-bond donors (Lipinski definition) is 0. The molecule has 0 saturated carbocycles. The lowest BCUT2D eigenvalue weighted by molar-refractivity contribution is 0.622. The van der Waals surface area contributed by atoms with Crippen molar-refractivity contribution in [2.75, 3.05) is 7.05 Å². The summed E-state index contributed by atoms with van der Waals surface area (Å²) in [6, 6.07) is 0. The number of hydrogen-bond acceptors (Lipinski definition) is 2. The van der Waals surface area contributed by atoms with Gasteiger partial charge in [0.25, 0.3) is 0 Å². The summed E-state index contributed by atoms with van der Waals surface area (Å²) in [5.74, 6) is 0. The summed E-state index contributed by atoms with van der Waals surface area (Å²) in [5.41, 5.74) is 0. The Morgan fingerprint density at radius 1 is 1.56 bits per heavy atom. The molecule has 0 amide bonds. The molecule has 1 rings (SSSR count). The fraction of sp³-hybridized carbons (Fsp3) is 0.429. The summed E-state index contributed by atoms with van der Waals surface area (Å²) in [4.78, 5) is 1.99. The van der Waals surface area contributed by atoms with Crippen LogP contribution in [0.5, 0.6) is 0 Å². The van der Waals surface area contributed by atoms with E-state index in [9.17, 15) is 0 Å². The van der Waals surface area contributed by atoms with Crippen LogP contribution in [0, 0.1) is 0 Å². The maximum Gasteiger partial charge on any atom is 0.0714 e. The molecule has 0 bridgehead atoms. The topological polar surface area (TPSA) is 3.24 Å². The minimum Gasteiger partial charge on any atom is -0.346 e. The van der Waals surface area contributed by atoms with Gasteiger partial charge in [0.15, 0.2) is 0 Å². The molecule has 0 aromatic heterocycles. The van der Waals surface area contributed by atoms with Crippen LogP contribution in [-0.2, 0) is 0 Å². The second-order valence-electron chi connectivity index (χ2n) is 1.41. The fourth-order valence-corrected chi connectivity index (χ4v) is 0.994. The van der Waals surface area contributed by atoms with E-state index < -0.39 is 0 Å². The molecule has 0 aromatic carbocycles. The van der Waals surface area contributed by atoms with Crippen LogP contribution in [0.2, 0.25) is 0 Å². The summed E-state index contributed by atoms with van der Waals surface area (Å²) >= 11 is 1.66. The van der Waals surface area contributed by atoms with Crippen molar-refractivity contribution in [2.24, 2.45) is 0 Å². The molecule has 0 radical (unpaired) electrons. The van der Waals surface area contributed by atoms with Crippen molar-refractivity contribution >= 4 is 11.8 Å². The molecule has 0 N–H and O–H groups in total. The first-order valence-electron chi connectivity index (χ1n) is 3.06. The Balaban J connectivity index is 0.000000291. The van der Waals surface area contributed by atoms with Gasteiger partial charge in [0.05, 0.1) is 5.03 Å². The zero-order valence-corrected chi connectivity index (χ0v) is 7.03. The van der Waals surface area contributed by atoms with Crippen LogP contribution in [0.25, 0.3) is 0 Å². The molecule has 2 heteroatoms. The van der Waals surface area contributed by atoms with Crippen LogP contribution >= 0.6 is 11.8 Å². The molecule has 0 spiro atoms. The summed E-state index contributed by atoms with van der Waals surface area (Å²) in [5, 5.41) is 3.11. The Labute approximate surface area is 61.4 Å². The zero-order valence-electron chi connectivity index (χ0n) is 6.22. The van der Waals surface area contributed by atoms with E-state index in [1.165, 1.54) is 0 Å². The van der Waals surface area contributed by atoms with E-state index >= 15 is 0 Å². The Hall–Kier alpha value is -0.370. The second kappa shape index (κ2) is 4.50. The highest BCUT2D eigenvalue weighted by Crippen LogP contribution is 2.24. The smallest absolute Gasteiger partial charge is 0.0714 e. The summed E-state index contributed by atoms with van der Waals surface area (Å²) in [6.07, 6.45) is 1.99. The molecule has 52 valence electrons. The molecule has 9 heavy (non-hydrogen) atoms. The third kappa shape index (κ3) is 2.61. The Morgan fingerprint density at radius 3 is 2.22 bits per heavy atom. The largest absolute Gasteiger partial charge is 0.346 e. The number of rotatable bonds is 0. The Kier molecular flexibility index (Phi) is 4.32. The molecule has 1 nitrogen and oxygen atoms in total. The maximum atomic E-state index is 3.76. The van der Waals surface area contributed by atoms with Crippen molar-refractivity contribution in [3.05, 3.63) is 23.2 Å². The van der Waals surface area contributed by atoms with Crippen LogP contribution in [0.1, 0.15) is 13.8 Å². The monoisotopic (exact) mass is 143 g/mol. The van der Waals surface area contributed by atoms with E-state index in [0.717, 1.165) is 5.03 Å². The van der Waals surface area contributed by atoms with Gasteiger partial charge in [-0.1, -0.05) is 32.2 Å². The van der Waals surface area contributed by atoms with Gasteiger partial charge in [0, 0.05) is 13.2 Å². The van der Waals surface area contributed by atoms with E-state index in [4.69, 9.17) is 0 Å². The molecule has 1 heterocycles. The van der Waals surface area contributed by atoms with Crippen molar-refractivity contribution in [3.63, 3.8) is 0 Å². The van der Waals surface area contributed by atoms with Crippen LogP contribution in [0.15, 0.2) is 23.2 Å². The average molecular weight is 143 g/mol. The first kappa shape index (κ1) is 8.63. The van der Waals surface area contributed by atoms with Gasteiger partial charge in [-0.15, -0.1) is 0 Å². The van der Waals surface area contributed by atoms with Gasteiger partial charge in [0.2, 0.25) is 0 Å². The quantitative estimate of drug-likeness (QED) is 0.513. The first-order chi connectivity index (χ1) is 4.30. The van der Waals surface area contributed by atoms with E-state index in [-0.39, 0.29) is 0 Å². The lowest BCUT2D eigenvalue weighted by atomic mass is 10.8. The molecular weight excluding hydrogens is 130 g/mol. The van der Waals surface area contributed by atoms with E-state index in [1.54, 1.807) is 11.8 Å². The minimum atomic E-state index is 1.10. The van der Waals surface area contributed by atoms with Crippen molar-refractivity contribution in [1.29, 1.82) is 0 Å². The predicted molar refractivity (Wildman–Crippen MR) is 45.0 cm³/mol. The molecule has 0 aliphatic carbocycles. The van der Waals surface area contributed by atoms with Gasteiger partial charge in [-0.25, -0.2) is 0 Å². The van der Waals surface area contributed by atoms with Gasteiger partial charge in [-0.3, -0.25) is 0 Å². The summed E-state index contributed by atoms with van der Waals surface area (Å²) in [7, 11) is 1.98. The van der Waals surface area contributed by atoms with E-state index in [1.807, 2.05) is 37.4 Å². The average Bonchev–Trinajstić information content (AvgIpc) is 2.23. The van der Waals surface area contributed by atoms with E-state index in [2.05, 4.69) is 6.58 Å². The SMILES string of the molecule is C=C1SC=CN1C.CC. The minimum absolute atomic E-state index is 1.10. The molecule has 1 aliphatic rings. The lowest BCUT2D eigenvalue weighted by Crippen LogP contribution is -1.99. The highest BCUT2D eigenvalue weighted by molar-refractivity contribution is 8.05. The number of nitrogens with zero attached hydrogens (tertiary/aromatic N) is 1. The molecule has 1 aliphatic heterocycles. The first-order valence-corrected chi connectivity index (χ1v) is 3.94. The Morgan fingerprint density at radius 2 is 2.11 bits per heavy atom. The van der Waals surface area contributed by atoms with Crippen molar-refractivity contribution in [2.45, 2.75) is 13.8 Å². The second-order valence-corrected chi connectivity index (χ2v) is 2.39. The Bertz CT molecular complexity index is 118. The zero-order chi connectivity index (χ0) is 7.28. The van der Waals surface area contributed by atoms with E-state index in [0.29, 0.717) is 0 Å². The van der Waals surface area contributed by atoms with Gasteiger partial charge in [-0.2, -0.15) is 0 Å². The third-order valence-corrected chi connectivity index (χ3v) is 1.70. The predicted octanol–water partition coefficient (Wildman–Crippen LogP) is 2.63. The van der Waals surface area contributed by atoms with Crippen LogP contribution < -0.4 is 0 Å². The van der Waals surface area contributed by atoms with Crippen molar-refractivity contribution in [3.8, 4) is 0 Å². The third-order valence-electron chi connectivity index (χ3n) is 0.882. The van der Waals surface area contributed by atoms with Crippen LogP contribution in [0.3, 0.4) is 0 Å². The summed E-state index contributed by atoms with van der Waals surface area (Å²) < 4.78 is 0. The number of thioether (sulfide) groups is 1. The normalized spacial score (nSPS) is 15.4. The standard InChI is InChI=1S/C5H7NS.C2H6/c1-5-6(2)3-4-7-5;1-2/h3-4H,1H2,2H3;1-2H3. The van der Waals surface area contributed by atoms with Gasteiger partial charge in [-0.05, 0) is 5.41 Å². The van der Waals surface area contributed by atoms with Gasteiger partial charge < -0.3 is 4.90 Å². The molecular formula is C7H13NS. The fourth-order valence-electron chi connectivity index (χ4n) is 0.367. The highest BCUT2D eigenvalue weighted by Gasteiger charge is 2.01. The van der Waals surface area contributed by atoms with Gasteiger partial charge in [0.1, 0.15) is 0 Å². The van der Waals surface area contributed by atoms with Crippen LogP contribution in [-0.4, -0.2) is 11.9 Å². The molecule has 0 atom stereocenters. The van der Waals surface area contributed by atoms with Crippen molar-refractivity contribution in [1.82, 2.24) is 4.90 Å². The lowest BCUT2D eigenvalue weighted by Gasteiger charge is -2.05. The molecule has 0 fully saturated rings. The van der Waals surface area contributed by atoms with Crippen LogP contribution in [0.4, 0.5) is 0 Å². The van der Waals surface area contributed by atoms with Crippen molar-refractivity contribution < 1.29 is 0 Å². The molecule has 0 aromatic rings.